The Kier molecular flexibility index (Phi) is 8.61. The third-order valence-electron chi connectivity index (χ3n) is 4.91. The molecule has 0 bridgehead atoms. The highest BCUT2D eigenvalue weighted by Crippen LogP contribution is 2.24. The van der Waals surface area contributed by atoms with Gasteiger partial charge < -0.3 is 15.2 Å². The van der Waals surface area contributed by atoms with Crippen LogP contribution in [-0.2, 0) is 11.3 Å². The van der Waals surface area contributed by atoms with Crippen molar-refractivity contribution in [3.63, 3.8) is 0 Å². The first-order chi connectivity index (χ1) is 16.7. The van der Waals surface area contributed by atoms with Crippen LogP contribution in [0.25, 0.3) is 0 Å². The Bertz CT molecular complexity index is 1280. The van der Waals surface area contributed by atoms with E-state index in [-0.39, 0.29) is 23.3 Å². The maximum absolute atomic E-state index is 12.6. The van der Waals surface area contributed by atoms with Crippen molar-refractivity contribution in [1.29, 1.82) is 0 Å². The van der Waals surface area contributed by atoms with Crippen molar-refractivity contribution in [2.24, 2.45) is 0 Å². The number of nitrogens with zero attached hydrogens (tertiary/aromatic N) is 4. The van der Waals surface area contributed by atoms with Gasteiger partial charge in [0.1, 0.15) is 0 Å². The first-order valence-corrected chi connectivity index (χ1v) is 11.8. The zero-order valence-electron chi connectivity index (χ0n) is 19.0. The number of anilines is 1. The molecular weight excluding hydrogens is 492 g/mol. The van der Waals surface area contributed by atoms with Gasteiger partial charge in [-0.15, -0.1) is 16.8 Å². The summed E-state index contributed by atoms with van der Waals surface area (Å²) in [4.78, 5) is 35.5. The molecule has 0 aliphatic heterocycles. The number of nitrogens with one attached hydrogen (secondary N) is 2. The molecule has 182 valence electrons. The molecule has 0 spiro atoms. The predicted molar refractivity (Wildman–Crippen MR) is 135 cm³/mol. The van der Waals surface area contributed by atoms with Gasteiger partial charge in [-0.3, -0.25) is 19.7 Å². The zero-order valence-corrected chi connectivity index (χ0v) is 20.6. The van der Waals surface area contributed by atoms with Crippen LogP contribution in [0.1, 0.15) is 34.7 Å². The molecule has 1 aromatic heterocycles. The number of nitro benzene ring substituents is 1. The molecule has 2 N–H and O–H groups in total. The van der Waals surface area contributed by atoms with Gasteiger partial charge in [0.15, 0.2) is 11.0 Å². The molecular formula is C23H23ClN6O4S. The van der Waals surface area contributed by atoms with Crippen LogP contribution in [0.3, 0.4) is 0 Å². The summed E-state index contributed by atoms with van der Waals surface area (Å²) in [7, 11) is 0. The van der Waals surface area contributed by atoms with Crippen molar-refractivity contribution in [3.05, 3.63) is 87.2 Å². The van der Waals surface area contributed by atoms with Gasteiger partial charge in [0.2, 0.25) is 5.91 Å². The van der Waals surface area contributed by atoms with Crippen LogP contribution in [0.15, 0.2) is 60.3 Å². The lowest BCUT2D eigenvalue weighted by molar-refractivity contribution is -0.384. The second kappa shape index (κ2) is 11.6. The van der Waals surface area contributed by atoms with Gasteiger partial charge in [-0.1, -0.05) is 35.5 Å². The van der Waals surface area contributed by atoms with Gasteiger partial charge in [0.05, 0.1) is 16.7 Å². The van der Waals surface area contributed by atoms with E-state index in [4.69, 9.17) is 11.6 Å². The van der Waals surface area contributed by atoms with E-state index in [0.29, 0.717) is 39.4 Å². The summed E-state index contributed by atoms with van der Waals surface area (Å²) < 4.78 is 1.77. The monoisotopic (exact) mass is 514 g/mol. The number of non-ortho nitro benzene ring substituents is 1. The molecule has 1 atom stereocenters. The molecule has 0 aliphatic carbocycles. The van der Waals surface area contributed by atoms with Crippen LogP contribution in [0.5, 0.6) is 0 Å². The summed E-state index contributed by atoms with van der Waals surface area (Å²) in [6, 6.07) is 10.4. The Labute approximate surface area is 210 Å². The van der Waals surface area contributed by atoms with E-state index in [0.717, 1.165) is 0 Å². The molecule has 2 amide bonds. The van der Waals surface area contributed by atoms with Crippen LogP contribution in [-0.4, -0.2) is 37.3 Å². The number of benzene rings is 2. The van der Waals surface area contributed by atoms with E-state index in [1.165, 1.54) is 30.0 Å². The molecule has 2 aromatic carbocycles. The van der Waals surface area contributed by atoms with Crippen molar-refractivity contribution in [1.82, 2.24) is 20.1 Å². The van der Waals surface area contributed by atoms with Crippen molar-refractivity contribution in [2.45, 2.75) is 31.6 Å². The van der Waals surface area contributed by atoms with Gasteiger partial charge in [-0.2, -0.15) is 0 Å². The minimum Gasteiger partial charge on any atom is -0.342 e. The van der Waals surface area contributed by atoms with Crippen molar-refractivity contribution >= 4 is 46.6 Å². The number of aromatic nitrogens is 3. The Morgan fingerprint density at radius 2 is 2.06 bits per heavy atom. The SMILES string of the molecule is C=CCn1c(SCC(=O)Nc2ccc([N+](=O)[O-])cc2C)nnc1C(C)NC(=O)c1cccc(Cl)c1. The number of thioether (sulfide) groups is 1. The number of halogens is 1. The molecule has 3 rings (SSSR count). The molecule has 0 aliphatic rings. The summed E-state index contributed by atoms with van der Waals surface area (Å²) in [5.74, 6) is -0.0619. The third kappa shape index (κ3) is 6.67. The fraction of sp³-hybridized carbons (Fsp3) is 0.217. The summed E-state index contributed by atoms with van der Waals surface area (Å²) in [6.07, 6.45) is 1.67. The van der Waals surface area contributed by atoms with Crippen LogP contribution in [0.4, 0.5) is 11.4 Å². The van der Waals surface area contributed by atoms with Crippen molar-refractivity contribution in [2.75, 3.05) is 11.1 Å². The van der Waals surface area contributed by atoms with Crippen molar-refractivity contribution in [3.8, 4) is 0 Å². The first-order valence-electron chi connectivity index (χ1n) is 10.5. The van der Waals surface area contributed by atoms with Gasteiger partial charge in [-0.25, -0.2) is 0 Å². The number of hydrogen-bond donors (Lipinski definition) is 2. The first kappa shape index (κ1) is 25.9. The number of carbonyl (C=O) groups excluding carboxylic acids is 2. The summed E-state index contributed by atoms with van der Waals surface area (Å²) >= 11 is 7.15. The molecule has 35 heavy (non-hydrogen) atoms. The maximum Gasteiger partial charge on any atom is 0.269 e. The number of carbonyl (C=O) groups is 2. The van der Waals surface area contributed by atoms with Gasteiger partial charge >= 0.3 is 0 Å². The van der Waals surface area contributed by atoms with Crippen LogP contribution < -0.4 is 10.6 Å². The average Bonchev–Trinajstić information content (AvgIpc) is 3.21. The zero-order chi connectivity index (χ0) is 25.5. The highest BCUT2D eigenvalue weighted by Gasteiger charge is 2.21. The van der Waals surface area contributed by atoms with Crippen molar-refractivity contribution < 1.29 is 14.5 Å². The van der Waals surface area contributed by atoms with E-state index < -0.39 is 11.0 Å². The molecule has 12 heteroatoms. The number of aryl methyl sites for hydroxylation is 1. The molecule has 10 nitrogen and oxygen atoms in total. The molecule has 3 aromatic rings. The Hall–Kier alpha value is -3.70. The maximum atomic E-state index is 12.6. The lowest BCUT2D eigenvalue weighted by atomic mass is 10.2. The van der Waals surface area contributed by atoms with E-state index in [9.17, 15) is 19.7 Å². The van der Waals surface area contributed by atoms with Crippen LogP contribution in [0, 0.1) is 17.0 Å². The quantitative estimate of drug-likeness (QED) is 0.175. The number of rotatable bonds is 10. The standard InChI is InChI=1S/C23H23ClN6O4S/c1-4-10-29-21(15(3)25-22(32)16-6-5-7-17(24)12-16)27-28-23(29)35-13-20(31)26-19-9-8-18(30(33)34)11-14(19)2/h4-9,11-12,15H,1,10,13H2,2-3H3,(H,25,32)(H,26,31). The molecule has 0 radical (unpaired) electrons. The molecule has 1 heterocycles. The fourth-order valence-corrected chi connectivity index (χ4v) is 4.17. The second-order valence-electron chi connectivity index (χ2n) is 7.54. The van der Waals surface area contributed by atoms with Gasteiger partial charge in [0.25, 0.3) is 11.6 Å². The normalized spacial score (nSPS) is 11.5. The smallest absolute Gasteiger partial charge is 0.269 e. The van der Waals surface area contributed by atoms with Crippen LogP contribution >= 0.6 is 23.4 Å². The Morgan fingerprint density at radius 3 is 2.71 bits per heavy atom. The number of hydrogen-bond acceptors (Lipinski definition) is 7. The summed E-state index contributed by atoms with van der Waals surface area (Å²) in [5.41, 5.74) is 1.45. The summed E-state index contributed by atoms with van der Waals surface area (Å²) in [5, 5.41) is 25.8. The topological polar surface area (TPSA) is 132 Å². The largest absolute Gasteiger partial charge is 0.342 e. The summed E-state index contributed by atoms with van der Waals surface area (Å²) in [6.45, 7) is 7.61. The molecule has 0 fully saturated rings. The van der Waals surface area contributed by atoms with E-state index in [2.05, 4.69) is 27.4 Å². The molecule has 0 saturated heterocycles. The Balaban J connectivity index is 1.67. The van der Waals surface area contributed by atoms with Crippen LogP contribution in [0.2, 0.25) is 5.02 Å². The highest BCUT2D eigenvalue weighted by molar-refractivity contribution is 7.99. The van der Waals surface area contributed by atoms with E-state index in [1.54, 1.807) is 48.8 Å². The lowest BCUT2D eigenvalue weighted by Crippen LogP contribution is -2.28. The van der Waals surface area contributed by atoms with E-state index in [1.807, 2.05) is 0 Å². The number of nitro groups is 1. The third-order valence-corrected chi connectivity index (χ3v) is 6.11. The molecule has 0 saturated carbocycles. The minimum atomic E-state index is -0.489. The Morgan fingerprint density at radius 1 is 1.29 bits per heavy atom. The second-order valence-corrected chi connectivity index (χ2v) is 8.92. The number of amides is 2. The van der Waals surface area contributed by atoms with Gasteiger partial charge in [0, 0.05) is 35.0 Å². The van der Waals surface area contributed by atoms with E-state index >= 15 is 0 Å². The molecule has 1 unspecified atom stereocenters. The number of allylic oxidation sites excluding steroid dienone is 1. The minimum absolute atomic E-state index is 0.0367. The highest BCUT2D eigenvalue weighted by atomic mass is 35.5. The fourth-order valence-electron chi connectivity index (χ4n) is 3.22. The lowest BCUT2D eigenvalue weighted by Gasteiger charge is -2.15. The average molecular weight is 515 g/mol. The van der Waals surface area contributed by atoms with Gasteiger partial charge in [-0.05, 0) is 43.7 Å². The predicted octanol–water partition coefficient (Wildman–Crippen LogP) is 4.56.